The molecule has 1 aromatic rings. The van der Waals surface area contributed by atoms with Gasteiger partial charge >= 0.3 is 0 Å². The zero-order valence-corrected chi connectivity index (χ0v) is 8.36. The molecule has 4 heteroatoms. The van der Waals surface area contributed by atoms with Gasteiger partial charge in [-0.2, -0.15) is 0 Å². The number of nitrogens with one attached hydrogen (secondary N) is 1. The van der Waals surface area contributed by atoms with Crippen LogP contribution in [0.4, 0.5) is 0 Å². The van der Waals surface area contributed by atoms with Crippen molar-refractivity contribution in [3.63, 3.8) is 0 Å². The second-order valence-corrected chi connectivity index (χ2v) is 3.67. The molecule has 0 amide bonds. The molecule has 0 radical (unpaired) electrons. The van der Waals surface area contributed by atoms with Crippen molar-refractivity contribution in [1.82, 2.24) is 15.3 Å². The van der Waals surface area contributed by atoms with E-state index < -0.39 is 0 Å². The summed E-state index contributed by atoms with van der Waals surface area (Å²) < 4.78 is 5.58. The Hall–Kier alpha value is -1.16. The zero-order chi connectivity index (χ0) is 9.80. The Morgan fingerprint density at radius 1 is 1.57 bits per heavy atom. The van der Waals surface area contributed by atoms with Crippen LogP contribution < -0.4 is 10.1 Å². The largest absolute Gasteiger partial charge is 0.477 e. The SMILES string of the molecule is Cc1cc(OCC2CCNC2)ncn1. The maximum Gasteiger partial charge on any atom is 0.216 e. The van der Waals surface area contributed by atoms with Crippen LogP contribution in [0.1, 0.15) is 12.1 Å². The lowest BCUT2D eigenvalue weighted by atomic mass is 10.1. The van der Waals surface area contributed by atoms with Crippen molar-refractivity contribution >= 4 is 0 Å². The Bertz CT molecular complexity index is 297. The summed E-state index contributed by atoms with van der Waals surface area (Å²) >= 11 is 0. The van der Waals surface area contributed by atoms with E-state index in [4.69, 9.17) is 4.74 Å². The van der Waals surface area contributed by atoms with Gasteiger partial charge < -0.3 is 10.1 Å². The van der Waals surface area contributed by atoms with E-state index in [1.54, 1.807) is 0 Å². The molecule has 1 aliphatic heterocycles. The molecule has 1 fully saturated rings. The first kappa shape index (κ1) is 9.40. The molecule has 1 aromatic heterocycles. The molecule has 2 rings (SSSR count). The summed E-state index contributed by atoms with van der Waals surface area (Å²) in [6, 6.07) is 1.86. The van der Waals surface area contributed by atoms with Crippen molar-refractivity contribution in [3.05, 3.63) is 18.1 Å². The molecule has 1 aliphatic rings. The molecule has 4 nitrogen and oxygen atoms in total. The minimum atomic E-state index is 0.630. The molecular weight excluding hydrogens is 178 g/mol. The molecule has 76 valence electrons. The highest BCUT2D eigenvalue weighted by Gasteiger charge is 2.14. The van der Waals surface area contributed by atoms with E-state index >= 15 is 0 Å². The third-order valence-corrected chi connectivity index (χ3v) is 2.41. The van der Waals surface area contributed by atoms with Gasteiger partial charge in [-0.05, 0) is 19.9 Å². The fourth-order valence-electron chi connectivity index (χ4n) is 1.57. The van der Waals surface area contributed by atoms with Crippen molar-refractivity contribution in [2.24, 2.45) is 5.92 Å². The van der Waals surface area contributed by atoms with Crippen molar-refractivity contribution < 1.29 is 4.74 Å². The number of nitrogens with zero attached hydrogens (tertiary/aromatic N) is 2. The first-order valence-electron chi connectivity index (χ1n) is 4.97. The Morgan fingerprint density at radius 3 is 3.21 bits per heavy atom. The molecule has 2 heterocycles. The number of hydrogen-bond acceptors (Lipinski definition) is 4. The molecule has 1 N–H and O–H groups in total. The van der Waals surface area contributed by atoms with Crippen LogP contribution in [0.25, 0.3) is 0 Å². The molecule has 1 unspecified atom stereocenters. The van der Waals surface area contributed by atoms with Crippen LogP contribution in [-0.2, 0) is 0 Å². The van der Waals surface area contributed by atoms with Gasteiger partial charge in [0.15, 0.2) is 0 Å². The first-order valence-corrected chi connectivity index (χ1v) is 4.97. The molecule has 0 saturated carbocycles. The van der Waals surface area contributed by atoms with Gasteiger partial charge in [-0.1, -0.05) is 0 Å². The van der Waals surface area contributed by atoms with Crippen LogP contribution >= 0.6 is 0 Å². The predicted octanol–water partition coefficient (Wildman–Crippen LogP) is 0.773. The number of aryl methyl sites for hydroxylation is 1. The number of rotatable bonds is 3. The lowest BCUT2D eigenvalue weighted by Gasteiger charge is -2.09. The van der Waals surface area contributed by atoms with Crippen LogP contribution in [-0.4, -0.2) is 29.7 Å². The van der Waals surface area contributed by atoms with Crippen LogP contribution in [0, 0.1) is 12.8 Å². The van der Waals surface area contributed by atoms with E-state index in [0.29, 0.717) is 11.8 Å². The summed E-state index contributed by atoms with van der Waals surface area (Å²) in [6.07, 6.45) is 2.74. The number of aromatic nitrogens is 2. The maximum absolute atomic E-state index is 5.58. The summed E-state index contributed by atoms with van der Waals surface area (Å²) in [5, 5.41) is 3.31. The minimum Gasteiger partial charge on any atom is -0.477 e. The molecule has 0 spiro atoms. The van der Waals surface area contributed by atoms with Gasteiger partial charge in [0.05, 0.1) is 6.61 Å². The maximum atomic E-state index is 5.58. The standard InChI is InChI=1S/C10H15N3O/c1-8-4-10(13-7-12-8)14-6-9-2-3-11-5-9/h4,7,9,11H,2-3,5-6H2,1H3. The predicted molar refractivity (Wildman–Crippen MR) is 53.2 cm³/mol. The Balaban J connectivity index is 1.85. The highest BCUT2D eigenvalue weighted by Crippen LogP contribution is 2.11. The number of ether oxygens (including phenoxy) is 1. The van der Waals surface area contributed by atoms with Crippen molar-refractivity contribution in [2.45, 2.75) is 13.3 Å². The smallest absolute Gasteiger partial charge is 0.216 e. The molecular formula is C10H15N3O. The minimum absolute atomic E-state index is 0.630. The Labute approximate surface area is 83.7 Å². The molecule has 1 saturated heterocycles. The summed E-state index contributed by atoms with van der Waals surface area (Å²) in [6.45, 7) is 4.86. The zero-order valence-electron chi connectivity index (χ0n) is 8.36. The van der Waals surface area contributed by atoms with E-state index in [0.717, 1.165) is 25.4 Å². The fourth-order valence-corrected chi connectivity index (χ4v) is 1.57. The van der Waals surface area contributed by atoms with E-state index in [1.807, 2.05) is 13.0 Å². The summed E-state index contributed by atoms with van der Waals surface area (Å²) in [5.74, 6) is 1.31. The lowest BCUT2D eigenvalue weighted by molar-refractivity contribution is 0.250. The molecule has 0 aromatic carbocycles. The summed E-state index contributed by atoms with van der Waals surface area (Å²) in [4.78, 5) is 8.06. The normalized spacial score (nSPS) is 21.1. The van der Waals surface area contributed by atoms with Crippen LogP contribution in [0.5, 0.6) is 5.88 Å². The average molecular weight is 193 g/mol. The van der Waals surface area contributed by atoms with Crippen LogP contribution in [0.3, 0.4) is 0 Å². The summed E-state index contributed by atoms with van der Waals surface area (Å²) in [7, 11) is 0. The third-order valence-electron chi connectivity index (χ3n) is 2.41. The second-order valence-electron chi connectivity index (χ2n) is 3.67. The molecule has 0 aliphatic carbocycles. The number of hydrogen-bond donors (Lipinski definition) is 1. The molecule has 0 bridgehead atoms. The van der Waals surface area contributed by atoms with Crippen LogP contribution in [0.15, 0.2) is 12.4 Å². The van der Waals surface area contributed by atoms with Crippen LogP contribution in [0.2, 0.25) is 0 Å². The van der Waals surface area contributed by atoms with Gasteiger partial charge in [0.2, 0.25) is 5.88 Å². The van der Waals surface area contributed by atoms with E-state index in [-0.39, 0.29) is 0 Å². The highest BCUT2D eigenvalue weighted by atomic mass is 16.5. The topological polar surface area (TPSA) is 47.0 Å². The van der Waals surface area contributed by atoms with Gasteiger partial charge in [0.25, 0.3) is 0 Å². The average Bonchev–Trinajstić information content (AvgIpc) is 2.67. The Morgan fingerprint density at radius 2 is 2.50 bits per heavy atom. The first-order chi connectivity index (χ1) is 6.84. The van der Waals surface area contributed by atoms with Gasteiger partial charge in [0.1, 0.15) is 6.33 Å². The van der Waals surface area contributed by atoms with E-state index in [2.05, 4.69) is 15.3 Å². The van der Waals surface area contributed by atoms with Crippen molar-refractivity contribution in [2.75, 3.05) is 19.7 Å². The van der Waals surface area contributed by atoms with Gasteiger partial charge in [-0.15, -0.1) is 0 Å². The third kappa shape index (κ3) is 2.42. The molecule has 1 atom stereocenters. The van der Waals surface area contributed by atoms with Gasteiger partial charge in [-0.25, -0.2) is 9.97 Å². The van der Waals surface area contributed by atoms with Crippen molar-refractivity contribution in [1.29, 1.82) is 0 Å². The second kappa shape index (κ2) is 4.37. The highest BCUT2D eigenvalue weighted by molar-refractivity contribution is 5.11. The molecule has 14 heavy (non-hydrogen) atoms. The monoisotopic (exact) mass is 193 g/mol. The Kier molecular flexibility index (Phi) is 2.93. The van der Waals surface area contributed by atoms with E-state index in [1.165, 1.54) is 12.7 Å². The van der Waals surface area contributed by atoms with Gasteiger partial charge in [-0.3, -0.25) is 0 Å². The fraction of sp³-hybridized carbons (Fsp3) is 0.600. The summed E-state index contributed by atoms with van der Waals surface area (Å²) in [5.41, 5.74) is 0.944. The van der Waals surface area contributed by atoms with Gasteiger partial charge in [0, 0.05) is 24.2 Å². The lowest BCUT2D eigenvalue weighted by Crippen LogP contribution is -2.15. The van der Waals surface area contributed by atoms with E-state index in [9.17, 15) is 0 Å². The quantitative estimate of drug-likeness (QED) is 0.770. The van der Waals surface area contributed by atoms with Crippen molar-refractivity contribution in [3.8, 4) is 5.88 Å².